The van der Waals surface area contributed by atoms with Crippen LogP contribution in [0.15, 0.2) is 84.9 Å². The molecule has 0 spiro atoms. The number of amides is 5. The number of halogens is 7. The topological polar surface area (TPSA) is 268 Å². The highest BCUT2D eigenvalue weighted by atomic mass is 32.2. The molecule has 4 aromatic carbocycles. The van der Waals surface area contributed by atoms with Gasteiger partial charge >= 0.3 is 18.3 Å². The molecule has 3 aliphatic carbocycles. The largest absolute Gasteiger partial charge is 0.479 e. The van der Waals surface area contributed by atoms with E-state index in [4.69, 9.17) is 14.5 Å². The summed E-state index contributed by atoms with van der Waals surface area (Å²) in [5, 5.41) is 22.8. The number of fused-ring (bicyclic) bond motifs is 6. The maximum Gasteiger partial charge on any atom is 0.416 e. The summed E-state index contributed by atoms with van der Waals surface area (Å²) < 4.78 is 145. The van der Waals surface area contributed by atoms with Crippen LogP contribution in [0.5, 0.6) is 10.4 Å². The molecule has 30 heteroatoms. The van der Waals surface area contributed by atoms with Crippen molar-refractivity contribution in [2.24, 2.45) is 23.7 Å². The molecule has 20 nitrogen and oxygen atoms in total. The van der Waals surface area contributed by atoms with Crippen molar-refractivity contribution in [3.63, 3.8) is 0 Å². The van der Waals surface area contributed by atoms with Gasteiger partial charge in [-0.05, 0) is 148 Å². The Balaban J connectivity index is 0.810. The van der Waals surface area contributed by atoms with E-state index in [0.29, 0.717) is 72.0 Å². The fourth-order valence-electron chi connectivity index (χ4n) is 15.5. The minimum absolute atomic E-state index is 0.0237. The van der Waals surface area contributed by atoms with Gasteiger partial charge in [0.25, 0.3) is 16.3 Å². The number of carboxylic acid groups (broad SMARTS) is 1. The number of benzene rings is 4. The average molecular weight is 1450 g/mol. The van der Waals surface area contributed by atoms with Gasteiger partial charge in [0.05, 0.1) is 55.1 Å². The van der Waals surface area contributed by atoms with Crippen LogP contribution in [0.1, 0.15) is 153 Å². The molecule has 0 radical (unpaired) electrons. The van der Waals surface area contributed by atoms with E-state index >= 15 is 18.8 Å². The van der Waals surface area contributed by atoms with E-state index in [1.165, 1.54) is 45.8 Å². The Bertz CT molecular complexity index is 4220. The van der Waals surface area contributed by atoms with Crippen molar-refractivity contribution in [3.8, 4) is 10.4 Å². The Labute approximate surface area is 580 Å². The first-order valence-corrected chi connectivity index (χ1v) is 37.2. The summed E-state index contributed by atoms with van der Waals surface area (Å²) in [5.74, 6) is -7.55. The molecule has 7 fully saturated rings. The lowest BCUT2D eigenvalue weighted by atomic mass is 9.84. The third-order valence-electron chi connectivity index (χ3n) is 21.7. The number of ether oxygens (including phenoxy) is 2. The second kappa shape index (κ2) is 27.2. The molecule has 13 rings (SSSR count). The first kappa shape index (κ1) is 70.6. The number of aliphatic carboxylic acids is 1. The number of hydrogen-bond donors (Lipinski definition) is 6. The van der Waals surface area contributed by atoms with Crippen molar-refractivity contribution in [3.05, 3.63) is 107 Å². The highest BCUT2D eigenvalue weighted by Gasteiger charge is 2.66. The third-order valence-corrected chi connectivity index (χ3v) is 25.7. The summed E-state index contributed by atoms with van der Waals surface area (Å²) in [5.41, 5.74) is -5.43. The molecule has 4 saturated heterocycles. The van der Waals surface area contributed by atoms with Gasteiger partial charge in [-0.1, -0.05) is 111 Å². The average Bonchev–Trinajstić information content (AvgIpc) is 1.56. The molecule has 2 aromatic heterocycles. The number of alkyl halides is 6. The number of nitrogens with one attached hydrogen (secondary N) is 5. The molecule has 7 aliphatic rings. The SMILES string of the molecule is CC1CCC(c2cccc3sc(O[C@@H]4C[C@H]5C(=O)N[C@]6(C(=O)NS(=O)(=O)C7(C)CC7)C[C@H]6C(C)CCCCCC[C@H](Nc6ccccc6F)C(=O)N5C4)nc23)CCC[C@H](Nc2cc(C(F)(F)F)cc(C(F)(F)F)c2)C(=O)N2C[C@H](Oc3nc4ccccc4s3)C[C@H]2C(=O)N[C@]2(C(=O)O)C[C@@H]12. The van der Waals surface area contributed by atoms with Crippen LogP contribution in [0.2, 0.25) is 0 Å². The molecule has 3 unspecified atom stereocenters. The number of carboxylic acids is 1. The highest BCUT2D eigenvalue weighted by molar-refractivity contribution is 7.91. The molecule has 6 heterocycles. The van der Waals surface area contributed by atoms with Crippen LogP contribution in [0, 0.1) is 29.5 Å². The van der Waals surface area contributed by atoms with Gasteiger partial charge in [-0.3, -0.25) is 28.7 Å². The molecule has 5 amide bonds. The molecule has 536 valence electrons. The Morgan fingerprint density at radius 2 is 1.20 bits per heavy atom. The van der Waals surface area contributed by atoms with Gasteiger partial charge in [0, 0.05) is 18.5 Å². The van der Waals surface area contributed by atoms with Crippen LogP contribution in [-0.2, 0) is 51.1 Å². The molecule has 4 aliphatic heterocycles. The summed E-state index contributed by atoms with van der Waals surface area (Å²) in [4.78, 5) is 100. The lowest BCUT2D eigenvalue weighted by Crippen LogP contribution is -2.58. The van der Waals surface area contributed by atoms with E-state index in [2.05, 4.69) is 31.0 Å². The number of aromatic nitrogens is 2. The van der Waals surface area contributed by atoms with Crippen LogP contribution in [0.25, 0.3) is 20.4 Å². The Kier molecular flexibility index (Phi) is 19.2. The standard InChI is InChI=1S/C70H78F7N9O11S3/c1-37-14-6-4-5-7-20-52(79-49-18-9-8-17-48(49)71)61(90)86-36-44(32-53(86)58(87)82-67(33-46(37)67)62(91)84-100(94,95)66(3)26-27-66)97-65-81-57-45(16-13-23-56(57)99-65)39-15-12-21-51(78-42-29-40(69(72,73)74)28-41(30-42)70(75,76)77)60(89)85-35-43(96-64-80-50-19-10-11-22-55(50)98-64)31-54(85)59(88)83-68(63(92)93)34-47(68)38(2)24-25-39/h8-11,13,16-19,22-23,28-30,37-39,43-44,46-47,51-54,78-79H,4-7,12,14-15,20-21,24-27,31-36H2,1-3H3,(H,82,87)(H,83,88)(H,84,91)(H,92,93)/t37?,38?,39?,43-,44-,46+,47+,51+,52+,53+,54+,67-,68-/m1/s1. The first-order chi connectivity index (χ1) is 47.4. The van der Waals surface area contributed by atoms with Gasteiger partial charge in [0.2, 0.25) is 33.7 Å². The molecule has 0 bridgehead atoms. The maximum absolute atomic E-state index is 15.4. The van der Waals surface area contributed by atoms with E-state index in [1.807, 2.05) is 38.1 Å². The Morgan fingerprint density at radius 3 is 1.83 bits per heavy atom. The van der Waals surface area contributed by atoms with Crippen LogP contribution in [-0.4, -0.2) is 134 Å². The lowest BCUT2D eigenvalue weighted by Gasteiger charge is -2.30. The number of anilines is 2. The van der Waals surface area contributed by atoms with Crippen molar-refractivity contribution in [1.82, 2.24) is 35.1 Å². The molecular formula is C70H78F7N9O11S3. The number of carbonyl (C=O) groups excluding carboxylic acids is 5. The summed E-state index contributed by atoms with van der Waals surface area (Å²) in [6, 6.07) is 14.2. The second-order valence-corrected chi connectivity index (χ2v) is 32.8. The minimum Gasteiger partial charge on any atom is -0.479 e. The van der Waals surface area contributed by atoms with Crippen LogP contribution in [0.3, 0.4) is 0 Å². The van der Waals surface area contributed by atoms with Gasteiger partial charge < -0.3 is 45.6 Å². The van der Waals surface area contributed by atoms with Gasteiger partial charge in [-0.25, -0.2) is 27.6 Å². The summed E-state index contributed by atoms with van der Waals surface area (Å²) in [6.07, 6.45) is -6.86. The molecule has 6 N–H and O–H groups in total. The van der Waals surface area contributed by atoms with E-state index < -0.39 is 150 Å². The molecule has 3 saturated carbocycles. The number of thiazole rings is 2. The van der Waals surface area contributed by atoms with Crippen molar-refractivity contribution >= 4 is 100 Å². The number of sulfonamides is 1. The Morgan fingerprint density at radius 1 is 0.650 bits per heavy atom. The molecule has 100 heavy (non-hydrogen) atoms. The summed E-state index contributed by atoms with van der Waals surface area (Å²) in [7, 11) is -4.13. The van der Waals surface area contributed by atoms with Crippen LogP contribution >= 0.6 is 22.7 Å². The fraction of sp³-hybridized carbons (Fsp3) is 0.543. The van der Waals surface area contributed by atoms with Crippen LogP contribution < -0.4 is 35.5 Å². The smallest absolute Gasteiger partial charge is 0.416 e. The Hall–Kier alpha value is -7.86. The van der Waals surface area contributed by atoms with Crippen molar-refractivity contribution in [2.75, 3.05) is 23.7 Å². The number of para-hydroxylation sites is 3. The van der Waals surface area contributed by atoms with Crippen LogP contribution in [0.4, 0.5) is 42.1 Å². The third kappa shape index (κ3) is 14.4. The zero-order chi connectivity index (χ0) is 71.0. The number of carbonyl (C=O) groups is 6. The van der Waals surface area contributed by atoms with Gasteiger partial charge in [0.1, 0.15) is 53.3 Å². The van der Waals surface area contributed by atoms with E-state index in [0.717, 1.165) is 28.9 Å². The predicted octanol–water partition coefficient (Wildman–Crippen LogP) is 11.9. The van der Waals surface area contributed by atoms with E-state index in [1.54, 1.807) is 31.2 Å². The first-order valence-electron chi connectivity index (χ1n) is 34.1. The molecule has 6 aromatic rings. The lowest BCUT2D eigenvalue weighted by molar-refractivity contribution is -0.146. The molecular weight excluding hydrogens is 1370 g/mol. The fourth-order valence-corrected chi connectivity index (χ4v) is 18.6. The van der Waals surface area contributed by atoms with Crippen molar-refractivity contribution in [2.45, 2.75) is 200 Å². The van der Waals surface area contributed by atoms with Crippen molar-refractivity contribution < 1.29 is 82.5 Å². The van der Waals surface area contributed by atoms with Gasteiger partial charge in [0.15, 0.2) is 0 Å². The predicted molar refractivity (Wildman–Crippen MR) is 358 cm³/mol. The number of rotatable bonds is 13. The quantitative estimate of drug-likeness (QED) is 0.0587. The number of nitrogens with zero attached hydrogens (tertiary/aromatic N) is 4. The van der Waals surface area contributed by atoms with Gasteiger partial charge in [-0.15, -0.1) is 0 Å². The zero-order valence-corrected chi connectivity index (χ0v) is 57.5. The monoisotopic (exact) mass is 1450 g/mol. The molecule has 13 atom stereocenters. The summed E-state index contributed by atoms with van der Waals surface area (Å²) >= 11 is 2.37. The maximum atomic E-state index is 15.4. The minimum atomic E-state index is -5.24. The van der Waals surface area contributed by atoms with Gasteiger partial charge in [-0.2, -0.15) is 26.3 Å². The summed E-state index contributed by atoms with van der Waals surface area (Å²) in [6.45, 7) is 4.97. The second-order valence-electron chi connectivity index (χ2n) is 28.6. The van der Waals surface area contributed by atoms with E-state index in [9.17, 15) is 54.3 Å². The normalized spacial score (nSPS) is 30.0. The number of hydrogen-bond acceptors (Lipinski definition) is 16. The zero-order valence-electron chi connectivity index (χ0n) is 55.1. The van der Waals surface area contributed by atoms with E-state index in [-0.39, 0.29) is 98.4 Å². The highest BCUT2D eigenvalue weighted by Crippen LogP contribution is 2.54. The van der Waals surface area contributed by atoms with Crippen molar-refractivity contribution in [1.29, 1.82) is 0 Å².